The summed E-state index contributed by atoms with van der Waals surface area (Å²) < 4.78 is 0. The Morgan fingerprint density at radius 3 is 3.07 bits per heavy atom. The van der Waals surface area contributed by atoms with Gasteiger partial charge in [-0.1, -0.05) is 13.0 Å². The van der Waals surface area contributed by atoms with Crippen molar-refractivity contribution in [1.82, 2.24) is 9.88 Å². The first-order valence-corrected chi connectivity index (χ1v) is 5.74. The van der Waals surface area contributed by atoms with E-state index in [-0.39, 0.29) is 5.56 Å². The fourth-order valence-electron chi connectivity index (χ4n) is 2.39. The van der Waals surface area contributed by atoms with E-state index in [9.17, 15) is 4.79 Å². The lowest BCUT2D eigenvalue weighted by molar-refractivity contribution is 0.257. The van der Waals surface area contributed by atoms with Gasteiger partial charge in [-0.15, -0.1) is 0 Å². The van der Waals surface area contributed by atoms with Crippen molar-refractivity contribution in [2.75, 3.05) is 13.1 Å². The number of H-pyrrole nitrogens is 1. The predicted molar refractivity (Wildman–Crippen MR) is 60.9 cm³/mol. The van der Waals surface area contributed by atoms with E-state index in [1.165, 1.54) is 31.4 Å². The molecule has 3 heteroatoms. The summed E-state index contributed by atoms with van der Waals surface area (Å²) in [5.41, 5.74) is 1.24. The Morgan fingerprint density at radius 1 is 1.53 bits per heavy atom. The van der Waals surface area contributed by atoms with Crippen molar-refractivity contribution < 1.29 is 0 Å². The fraction of sp³-hybridized carbons (Fsp3) is 0.583. The van der Waals surface area contributed by atoms with E-state index in [0.29, 0.717) is 6.04 Å². The van der Waals surface area contributed by atoms with E-state index in [1.807, 2.05) is 12.3 Å². The molecule has 1 aliphatic heterocycles. The second kappa shape index (κ2) is 4.62. The van der Waals surface area contributed by atoms with Crippen molar-refractivity contribution in [1.29, 1.82) is 0 Å². The van der Waals surface area contributed by atoms with Gasteiger partial charge in [0.05, 0.1) is 0 Å². The molecular weight excluding hydrogens is 188 g/mol. The lowest BCUT2D eigenvalue weighted by atomic mass is 10.1. The molecule has 0 saturated carbocycles. The monoisotopic (exact) mass is 206 g/mol. The Bertz CT molecular complexity index is 352. The molecule has 2 heterocycles. The van der Waals surface area contributed by atoms with Gasteiger partial charge in [0.25, 0.3) is 0 Å². The van der Waals surface area contributed by atoms with Crippen LogP contribution in [-0.4, -0.2) is 23.0 Å². The second-order valence-corrected chi connectivity index (χ2v) is 4.18. The SMILES string of the molecule is CCCN1CCCC1c1ccc(=O)[nH]c1. The minimum Gasteiger partial charge on any atom is -0.329 e. The topological polar surface area (TPSA) is 36.1 Å². The molecular formula is C12H18N2O. The molecule has 0 radical (unpaired) electrons. The van der Waals surface area contributed by atoms with E-state index in [0.717, 1.165) is 6.54 Å². The van der Waals surface area contributed by atoms with E-state index in [2.05, 4.69) is 16.8 Å². The highest BCUT2D eigenvalue weighted by Crippen LogP contribution is 2.30. The smallest absolute Gasteiger partial charge is 0.247 e. The number of hydrogen-bond acceptors (Lipinski definition) is 2. The maximum atomic E-state index is 11.0. The number of likely N-dealkylation sites (tertiary alicyclic amines) is 1. The molecule has 0 amide bonds. The zero-order valence-electron chi connectivity index (χ0n) is 9.20. The number of pyridine rings is 1. The van der Waals surface area contributed by atoms with Crippen LogP contribution < -0.4 is 5.56 Å². The normalized spacial score (nSPS) is 22.1. The summed E-state index contributed by atoms with van der Waals surface area (Å²) in [5.74, 6) is 0. The van der Waals surface area contributed by atoms with Crippen LogP contribution in [0.4, 0.5) is 0 Å². The quantitative estimate of drug-likeness (QED) is 0.820. The van der Waals surface area contributed by atoms with Gasteiger partial charge in [0.2, 0.25) is 5.56 Å². The van der Waals surface area contributed by atoms with Gasteiger partial charge in [-0.25, -0.2) is 0 Å². The minimum atomic E-state index is -0.0150. The molecule has 0 spiro atoms. The first-order valence-electron chi connectivity index (χ1n) is 5.74. The molecule has 0 aromatic carbocycles. The van der Waals surface area contributed by atoms with Crippen LogP contribution in [0.5, 0.6) is 0 Å². The van der Waals surface area contributed by atoms with Gasteiger partial charge in [-0.05, 0) is 37.9 Å². The van der Waals surface area contributed by atoms with Crippen molar-refractivity contribution in [3.05, 3.63) is 34.2 Å². The van der Waals surface area contributed by atoms with Crippen molar-refractivity contribution >= 4 is 0 Å². The molecule has 0 aliphatic carbocycles. The molecule has 2 rings (SSSR count). The number of aromatic nitrogens is 1. The lowest BCUT2D eigenvalue weighted by Crippen LogP contribution is -2.24. The summed E-state index contributed by atoms with van der Waals surface area (Å²) in [5, 5.41) is 0. The standard InChI is InChI=1S/C12H18N2O/c1-2-7-14-8-3-4-11(14)10-5-6-12(15)13-9-10/h5-6,9,11H,2-4,7-8H2,1H3,(H,13,15). The van der Waals surface area contributed by atoms with Crippen molar-refractivity contribution in [3.8, 4) is 0 Å². The van der Waals surface area contributed by atoms with Crippen LogP contribution in [0.2, 0.25) is 0 Å². The van der Waals surface area contributed by atoms with Gasteiger partial charge >= 0.3 is 0 Å². The minimum absolute atomic E-state index is 0.0150. The third kappa shape index (κ3) is 2.29. The van der Waals surface area contributed by atoms with Crippen molar-refractivity contribution in [3.63, 3.8) is 0 Å². The van der Waals surface area contributed by atoms with Gasteiger partial charge in [-0.2, -0.15) is 0 Å². The zero-order valence-corrected chi connectivity index (χ0v) is 9.20. The van der Waals surface area contributed by atoms with Crippen LogP contribution in [0.1, 0.15) is 37.8 Å². The van der Waals surface area contributed by atoms with Crippen LogP contribution in [0.25, 0.3) is 0 Å². The highest BCUT2D eigenvalue weighted by Gasteiger charge is 2.24. The van der Waals surface area contributed by atoms with Crippen molar-refractivity contribution in [2.45, 2.75) is 32.2 Å². The van der Waals surface area contributed by atoms with Crippen molar-refractivity contribution in [2.24, 2.45) is 0 Å². The van der Waals surface area contributed by atoms with Gasteiger partial charge in [0, 0.05) is 18.3 Å². The number of hydrogen-bond donors (Lipinski definition) is 1. The largest absolute Gasteiger partial charge is 0.329 e. The summed E-state index contributed by atoms with van der Waals surface area (Å²) in [6, 6.07) is 4.09. The molecule has 82 valence electrons. The Labute approximate surface area is 90.1 Å². The van der Waals surface area contributed by atoms with E-state index >= 15 is 0 Å². The number of aromatic amines is 1. The zero-order chi connectivity index (χ0) is 10.7. The van der Waals surface area contributed by atoms with Crippen LogP contribution >= 0.6 is 0 Å². The molecule has 1 atom stereocenters. The fourth-order valence-corrected chi connectivity index (χ4v) is 2.39. The molecule has 1 aromatic heterocycles. The number of nitrogens with zero attached hydrogens (tertiary/aromatic N) is 1. The molecule has 15 heavy (non-hydrogen) atoms. The van der Waals surface area contributed by atoms with E-state index in [4.69, 9.17) is 0 Å². The van der Waals surface area contributed by atoms with Crippen LogP contribution in [0.3, 0.4) is 0 Å². The molecule has 1 N–H and O–H groups in total. The highest BCUT2D eigenvalue weighted by molar-refractivity contribution is 5.15. The third-order valence-electron chi connectivity index (χ3n) is 3.07. The molecule has 1 fully saturated rings. The average Bonchev–Trinajstić information content (AvgIpc) is 2.68. The van der Waals surface area contributed by atoms with Crippen LogP contribution in [-0.2, 0) is 0 Å². The van der Waals surface area contributed by atoms with Gasteiger partial charge in [0.15, 0.2) is 0 Å². The number of rotatable bonds is 3. The summed E-state index contributed by atoms with van der Waals surface area (Å²) in [6.45, 7) is 4.56. The molecule has 3 nitrogen and oxygen atoms in total. The van der Waals surface area contributed by atoms with Gasteiger partial charge < -0.3 is 4.98 Å². The van der Waals surface area contributed by atoms with Gasteiger partial charge in [0.1, 0.15) is 0 Å². The first-order chi connectivity index (χ1) is 7.31. The maximum Gasteiger partial charge on any atom is 0.247 e. The van der Waals surface area contributed by atoms with Crippen LogP contribution in [0.15, 0.2) is 23.1 Å². The predicted octanol–water partition coefficient (Wildman–Crippen LogP) is 1.92. The highest BCUT2D eigenvalue weighted by atomic mass is 16.1. The maximum absolute atomic E-state index is 11.0. The molecule has 0 bridgehead atoms. The summed E-state index contributed by atoms with van der Waals surface area (Å²) in [6.07, 6.45) is 5.54. The summed E-state index contributed by atoms with van der Waals surface area (Å²) >= 11 is 0. The first kappa shape index (κ1) is 10.4. The lowest BCUT2D eigenvalue weighted by Gasteiger charge is -2.23. The Balaban J connectivity index is 2.15. The number of nitrogens with one attached hydrogen (secondary N) is 1. The summed E-state index contributed by atoms with van der Waals surface area (Å²) in [7, 11) is 0. The Morgan fingerprint density at radius 2 is 2.40 bits per heavy atom. The Kier molecular flexibility index (Phi) is 3.21. The third-order valence-corrected chi connectivity index (χ3v) is 3.07. The van der Waals surface area contributed by atoms with E-state index < -0.39 is 0 Å². The molecule has 1 saturated heterocycles. The molecule has 1 aromatic rings. The second-order valence-electron chi connectivity index (χ2n) is 4.18. The Hall–Kier alpha value is -1.09. The molecule has 1 unspecified atom stereocenters. The van der Waals surface area contributed by atoms with Crippen LogP contribution in [0, 0.1) is 0 Å². The molecule has 1 aliphatic rings. The van der Waals surface area contributed by atoms with E-state index in [1.54, 1.807) is 6.07 Å². The van der Waals surface area contributed by atoms with Gasteiger partial charge in [-0.3, -0.25) is 9.69 Å². The summed E-state index contributed by atoms with van der Waals surface area (Å²) in [4.78, 5) is 16.2. The average molecular weight is 206 g/mol.